The number of hydrogen-bond acceptors (Lipinski definition) is 5. The lowest BCUT2D eigenvalue weighted by molar-refractivity contribution is -0.118. The molecule has 3 heterocycles. The lowest BCUT2D eigenvalue weighted by atomic mass is 10.1. The third-order valence-corrected chi connectivity index (χ3v) is 5.93. The molecule has 0 bridgehead atoms. The lowest BCUT2D eigenvalue weighted by Crippen LogP contribution is -2.22. The van der Waals surface area contributed by atoms with Crippen molar-refractivity contribution >= 4 is 28.9 Å². The fourth-order valence-corrected chi connectivity index (χ4v) is 4.31. The highest BCUT2D eigenvalue weighted by Crippen LogP contribution is 2.40. The minimum atomic E-state index is -0.430. The molecule has 0 radical (unpaired) electrons. The Balaban J connectivity index is 1.67. The van der Waals surface area contributed by atoms with Crippen LogP contribution in [0, 0.1) is 6.92 Å². The van der Waals surface area contributed by atoms with Crippen molar-refractivity contribution in [2.24, 2.45) is 5.73 Å². The van der Waals surface area contributed by atoms with Gasteiger partial charge < -0.3 is 10.6 Å². The number of carbonyl (C=O) groups is 1. The Morgan fingerprint density at radius 1 is 1.12 bits per heavy atom. The fraction of sp³-hybridized carbons (Fsp3) is 0.217. The van der Waals surface area contributed by atoms with Gasteiger partial charge in [-0.25, -0.2) is 0 Å². The molecular weight excluding hydrogens is 426 g/mol. The maximum Gasteiger partial charge on any atom is 0.239 e. The summed E-state index contributed by atoms with van der Waals surface area (Å²) < 4.78 is 3.67. The van der Waals surface area contributed by atoms with E-state index in [0.717, 1.165) is 46.4 Å². The van der Waals surface area contributed by atoms with E-state index in [1.54, 1.807) is 10.9 Å². The van der Waals surface area contributed by atoms with E-state index in [-0.39, 0.29) is 12.5 Å². The molecule has 1 amide bonds. The Morgan fingerprint density at radius 2 is 1.91 bits per heavy atom. The molecule has 2 N–H and O–H groups in total. The average Bonchev–Trinajstić information content (AvgIpc) is 3.35. The highest BCUT2D eigenvalue weighted by Gasteiger charge is 2.28. The molecule has 1 aliphatic rings. The number of aromatic nitrogens is 5. The van der Waals surface area contributed by atoms with Gasteiger partial charge in [0.25, 0.3) is 0 Å². The predicted molar refractivity (Wildman–Crippen MR) is 123 cm³/mol. The van der Waals surface area contributed by atoms with Gasteiger partial charge in [0.15, 0.2) is 0 Å². The van der Waals surface area contributed by atoms with Crippen molar-refractivity contribution in [1.82, 2.24) is 24.5 Å². The predicted octanol–water partition coefficient (Wildman–Crippen LogP) is 3.83. The monoisotopic (exact) mass is 447 g/mol. The van der Waals surface area contributed by atoms with E-state index in [9.17, 15) is 4.79 Å². The molecule has 8 nitrogen and oxygen atoms in total. The molecule has 2 aromatic heterocycles. The topological polar surface area (TPSA) is 94.9 Å². The molecule has 1 atom stereocenters. The minimum absolute atomic E-state index is 0.0443. The van der Waals surface area contributed by atoms with Gasteiger partial charge in [0.2, 0.25) is 5.91 Å². The van der Waals surface area contributed by atoms with Crippen molar-refractivity contribution in [3.63, 3.8) is 0 Å². The first kappa shape index (κ1) is 20.3. The van der Waals surface area contributed by atoms with Crippen LogP contribution in [0.15, 0.2) is 54.9 Å². The summed E-state index contributed by atoms with van der Waals surface area (Å²) in [5.74, 6) is 1.50. The van der Waals surface area contributed by atoms with Gasteiger partial charge in [-0.05, 0) is 48.9 Å². The summed E-state index contributed by atoms with van der Waals surface area (Å²) in [5.41, 5.74) is 10.3. The zero-order valence-electron chi connectivity index (χ0n) is 17.7. The number of carbonyl (C=O) groups excluding carboxylic acids is 1. The van der Waals surface area contributed by atoms with Crippen LogP contribution in [0.5, 0.6) is 0 Å². The van der Waals surface area contributed by atoms with E-state index in [0.29, 0.717) is 5.02 Å². The molecule has 32 heavy (non-hydrogen) atoms. The number of nitrogens with two attached hydrogens (primary N) is 1. The number of nitrogens with zero attached hydrogens (tertiary/aromatic N) is 6. The van der Waals surface area contributed by atoms with E-state index >= 15 is 0 Å². The van der Waals surface area contributed by atoms with Crippen molar-refractivity contribution in [3.8, 4) is 16.8 Å². The molecule has 4 aromatic rings. The Labute approximate surface area is 190 Å². The molecule has 0 spiro atoms. The van der Waals surface area contributed by atoms with Crippen LogP contribution < -0.4 is 10.6 Å². The van der Waals surface area contributed by atoms with Crippen molar-refractivity contribution in [2.45, 2.75) is 26.3 Å². The van der Waals surface area contributed by atoms with Crippen LogP contribution in [-0.4, -0.2) is 37.0 Å². The van der Waals surface area contributed by atoms with E-state index < -0.39 is 5.91 Å². The first-order chi connectivity index (χ1) is 15.4. The molecule has 0 saturated carbocycles. The Kier molecular flexibility index (Phi) is 4.94. The van der Waals surface area contributed by atoms with Crippen LogP contribution in [0.2, 0.25) is 5.02 Å². The van der Waals surface area contributed by atoms with E-state index in [4.69, 9.17) is 17.3 Å². The molecular formula is C23H22ClN7O. The van der Waals surface area contributed by atoms with Gasteiger partial charge in [0.05, 0.1) is 17.6 Å². The van der Waals surface area contributed by atoms with Gasteiger partial charge in [0.1, 0.15) is 18.2 Å². The maximum atomic E-state index is 11.3. The number of aryl methyl sites for hydroxylation is 1. The minimum Gasteiger partial charge on any atom is -0.368 e. The average molecular weight is 448 g/mol. The Hall–Kier alpha value is -3.65. The van der Waals surface area contributed by atoms with Crippen LogP contribution in [-0.2, 0) is 11.3 Å². The normalized spacial score (nSPS) is 15.2. The van der Waals surface area contributed by atoms with E-state index in [2.05, 4.69) is 43.8 Å². The summed E-state index contributed by atoms with van der Waals surface area (Å²) in [7, 11) is 0. The molecule has 9 heteroatoms. The summed E-state index contributed by atoms with van der Waals surface area (Å²) >= 11 is 6.15. The molecule has 2 aromatic carbocycles. The van der Waals surface area contributed by atoms with Crippen molar-refractivity contribution in [1.29, 1.82) is 0 Å². The summed E-state index contributed by atoms with van der Waals surface area (Å²) in [4.78, 5) is 13.5. The number of primary amides is 1. The van der Waals surface area contributed by atoms with Crippen molar-refractivity contribution in [2.75, 3.05) is 11.4 Å². The highest BCUT2D eigenvalue weighted by molar-refractivity contribution is 6.30. The Morgan fingerprint density at radius 3 is 2.66 bits per heavy atom. The third-order valence-electron chi connectivity index (χ3n) is 5.68. The lowest BCUT2D eigenvalue weighted by Gasteiger charge is -2.27. The zero-order chi connectivity index (χ0) is 22.4. The summed E-state index contributed by atoms with van der Waals surface area (Å²) in [6.07, 6.45) is 3.57. The van der Waals surface area contributed by atoms with E-state index in [1.165, 1.54) is 0 Å². The smallest absolute Gasteiger partial charge is 0.239 e. The van der Waals surface area contributed by atoms with Gasteiger partial charge in [-0.2, -0.15) is 5.10 Å². The number of fused-ring (bicyclic) bond motifs is 3. The summed E-state index contributed by atoms with van der Waals surface area (Å²) in [5, 5.41) is 13.7. The third kappa shape index (κ3) is 3.52. The Bertz CT molecular complexity index is 1310. The van der Waals surface area contributed by atoms with Gasteiger partial charge in [-0.15, -0.1) is 10.2 Å². The number of rotatable bonds is 4. The van der Waals surface area contributed by atoms with E-state index in [1.807, 2.05) is 43.5 Å². The molecule has 162 valence electrons. The van der Waals surface area contributed by atoms with Crippen LogP contribution in [0.25, 0.3) is 16.8 Å². The van der Waals surface area contributed by atoms with Gasteiger partial charge >= 0.3 is 0 Å². The standard InChI is InChI=1S/C23H22ClN7O/c1-14-11-30(19-6-4-18(24)5-7-19)21-9-16(17-10-26-29(12-17)13-22(25)32)3-8-20(21)31-15(2)27-28-23(14)31/h3-10,12,14H,11,13H2,1-2H3,(H2,25,32)/t14-/m1/s1. The largest absolute Gasteiger partial charge is 0.368 e. The molecule has 0 aliphatic carbocycles. The van der Waals surface area contributed by atoms with Gasteiger partial charge in [-0.1, -0.05) is 24.6 Å². The highest BCUT2D eigenvalue weighted by atomic mass is 35.5. The van der Waals surface area contributed by atoms with Crippen LogP contribution in [0.1, 0.15) is 24.5 Å². The first-order valence-corrected chi connectivity index (χ1v) is 10.7. The molecule has 0 fully saturated rings. The van der Waals surface area contributed by atoms with Crippen LogP contribution >= 0.6 is 11.6 Å². The number of amides is 1. The van der Waals surface area contributed by atoms with Gasteiger partial charge in [-0.3, -0.25) is 14.0 Å². The van der Waals surface area contributed by atoms with Gasteiger partial charge in [0, 0.05) is 34.9 Å². The molecule has 5 rings (SSSR count). The van der Waals surface area contributed by atoms with Crippen LogP contribution in [0.3, 0.4) is 0 Å². The first-order valence-electron chi connectivity index (χ1n) is 10.3. The summed E-state index contributed by atoms with van der Waals surface area (Å²) in [6, 6.07) is 14.1. The zero-order valence-corrected chi connectivity index (χ0v) is 18.5. The maximum absolute atomic E-state index is 11.3. The molecule has 0 saturated heterocycles. The second-order valence-corrected chi connectivity index (χ2v) is 8.46. The quantitative estimate of drug-likeness (QED) is 0.513. The number of anilines is 2. The number of halogens is 1. The summed E-state index contributed by atoms with van der Waals surface area (Å²) in [6.45, 7) is 4.90. The molecule has 0 unspecified atom stereocenters. The van der Waals surface area contributed by atoms with Crippen molar-refractivity contribution in [3.05, 3.63) is 71.5 Å². The van der Waals surface area contributed by atoms with Crippen LogP contribution in [0.4, 0.5) is 11.4 Å². The number of hydrogen-bond donors (Lipinski definition) is 1. The van der Waals surface area contributed by atoms with Crippen molar-refractivity contribution < 1.29 is 4.79 Å². The molecule has 1 aliphatic heterocycles. The number of benzene rings is 2. The fourth-order valence-electron chi connectivity index (χ4n) is 4.18. The SMILES string of the molecule is Cc1nnc2n1-c1ccc(-c3cnn(CC(N)=O)c3)cc1N(c1ccc(Cl)cc1)C[C@H]2C. The second-order valence-electron chi connectivity index (χ2n) is 8.03. The second kappa shape index (κ2) is 7.80.